The Bertz CT molecular complexity index is 438. The molecule has 2 saturated carbocycles. The number of aliphatic imine (C=N–C) groups is 1. The van der Waals surface area contributed by atoms with Gasteiger partial charge in [0.05, 0.1) is 11.6 Å². The third-order valence-electron chi connectivity index (χ3n) is 4.78. The minimum absolute atomic E-state index is 0.0744. The molecule has 0 atom stereocenters. The highest BCUT2D eigenvalue weighted by molar-refractivity contribution is 6.21. The molecule has 0 aromatic carbocycles. The number of ketones is 1. The Morgan fingerprint density at radius 1 is 0.955 bits per heavy atom. The molecule has 0 amide bonds. The zero-order valence-electron chi connectivity index (χ0n) is 14.0. The van der Waals surface area contributed by atoms with Gasteiger partial charge in [0.15, 0.2) is 5.78 Å². The van der Waals surface area contributed by atoms with Gasteiger partial charge in [0.2, 0.25) is 0 Å². The first-order valence-corrected chi connectivity index (χ1v) is 8.83. The summed E-state index contributed by atoms with van der Waals surface area (Å²) in [5, 5.41) is 13.4. The number of aliphatic hydroxyl groups is 1. The predicted octanol–water partition coefficient (Wildman–Crippen LogP) is 4.06. The van der Waals surface area contributed by atoms with Crippen molar-refractivity contribution in [3.8, 4) is 0 Å². The average molecular weight is 306 g/mol. The van der Waals surface area contributed by atoms with Crippen molar-refractivity contribution in [2.24, 2.45) is 4.99 Å². The molecule has 124 valence electrons. The van der Waals surface area contributed by atoms with Crippen LogP contribution in [-0.4, -0.2) is 28.8 Å². The maximum atomic E-state index is 12.0. The second kappa shape index (κ2) is 8.35. The molecule has 2 fully saturated rings. The molecule has 2 aliphatic carbocycles. The first-order valence-electron chi connectivity index (χ1n) is 8.83. The van der Waals surface area contributed by atoms with Crippen LogP contribution in [0.25, 0.3) is 0 Å². The van der Waals surface area contributed by atoms with Gasteiger partial charge in [-0.1, -0.05) is 38.5 Å². The van der Waals surface area contributed by atoms with Crippen LogP contribution in [0.5, 0.6) is 0 Å². The molecule has 0 radical (unpaired) electrons. The minimum atomic E-state index is -0.113. The fourth-order valence-electron chi connectivity index (χ4n) is 3.60. The number of nitrogens with zero attached hydrogens (tertiary/aromatic N) is 1. The van der Waals surface area contributed by atoms with Crippen molar-refractivity contribution >= 4 is 11.6 Å². The van der Waals surface area contributed by atoms with E-state index in [1.54, 1.807) is 6.92 Å². The molecule has 0 heterocycles. The normalized spacial score (nSPS) is 23.1. The van der Waals surface area contributed by atoms with Crippen LogP contribution >= 0.6 is 0 Å². The molecule has 2 rings (SSSR count). The van der Waals surface area contributed by atoms with Gasteiger partial charge in [-0.05, 0) is 39.5 Å². The molecule has 0 bridgehead atoms. The minimum Gasteiger partial charge on any atom is -0.512 e. The third-order valence-corrected chi connectivity index (χ3v) is 4.78. The lowest BCUT2D eigenvalue weighted by molar-refractivity contribution is -0.113. The van der Waals surface area contributed by atoms with Gasteiger partial charge in [-0.15, -0.1) is 0 Å². The fraction of sp³-hybridized carbons (Fsp3) is 0.778. The number of hydrogen-bond donors (Lipinski definition) is 2. The van der Waals surface area contributed by atoms with Crippen LogP contribution in [0.1, 0.15) is 78.1 Å². The Morgan fingerprint density at radius 2 is 1.50 bits per heavy atom. The topological polar surface area (TPSA) is 61.7 Å². The second-order valence-electron chi connectivity index (χ2n) is 6.77. The lowest BCUT2D eigenvalue weighted by Gasteiger charge is -2.27. The first kappa shape index (κ1) is 17.0. The van der Waals surface area contributed by atoms with Crippen molar-refractivity contribution in [1.29, 1.82) is 0 Å². The summed E-state index contributed by atoms with van der Waals surface area (Å²) in [6, 6.07) is 0.665. The van der Waals surface area contributed by atoms with Gasteiger partial charge in [-0.25, -0.2) is 0 Å². The Morgan fingerprint density at radius 3 is 2.00 bits per heavy atom. The van der Waals surface area contributed by atoms with Gasteiger partial charge in [0.1, 0.15) is 11.6 Å². The van der Waals surface area contributed by atoms with E-state index < -0.39 is 0 Å². The zero-order chi connectivity index (χ0) is 15.9. The summed E-state index contributed by atoms with van der Waals surface area (Å²) in [5.74, 6) is 0.592. The lowest BCUT2D eigenvalue weighted by Crippen LogP contribution is -2.39. The monoisotopic (exact) mass is 306 g/mol. The van der Waals surface area contributed by atoms with Gasteiger partial charge >= 0.3 is 0 Å². The number of aliphatic hydroxyl groups excluding tert-OH is 1. The van der Waals surface area contributed by atoms with E-state index in [0.29, 0.717) is 17.5 Å². The summed E-state index contributed by atoms with van der Waals surface area (Å²) in [7, 11) is 0. The van der Waals surface area contributed by atoms with Crippen molar-refractivity contribution in [2.45, 2.75) is 90.1 Å². The molecule has 2 aliphatic rings. The maximum Gasteiger partial charge on any atom is 0.166 e. The highest BCUT2D eigenvalue weighted by atomic mass is 16.3. The van der Waals surface area contributed by atoms with Crippen molar-refractivity contribution in [3.63, 3.8) is 0 Å². The molecule has 0 aliphatic heterocycles. The van der Waals surface area contributed by atoms with Gasteiger partial charge < -0.3 is 10.4 Å². The van der Waals surface area contributed by atoms with Crippen LogP contribution in [-0.2, 0) is 4.79 Å². The second-order valence-corrected chi connectivity index (χ2v) is 6.77. The van der Waals surface area contributed by atoms with Crippen LogP contribution < -0.4 is 5.32 Å². The molecular weight excluding hydrogens is 276 g/mol. The van der Waals surface area contributed by atoms with Crippen molar-refractivity contribution in [3.05, 3.63) is 11.3 Å². The predicted molar refractivity (Wildman–Crippen MR) is 90.3 cm³/mol. The van der Waals surface area contributed by atoms with Gasteiger partial charge in [-0.2, -0.15) is 0 Å². The average Bonchev–Trinajstić information content (AvgIpc) is 2.48. The SMILES string of the molecule is CC(=O)/C(C(=NC1CCCCC1)NC1CCCCC1)=C(/C)O. The van der Waals surface area contributed by atoms with E-state index in [-0.39, 0.29) is 17.6 Å². The number of carbonyl (C=O) groups is 1. The summed E-state index contributed by atoms with van der Waals surface area (Å²) in [6.07, 6.45) is 11.9. The smallest absolute Gasteiger partial charge is 0.166 e. The highest BCUT2D eigenvalue weighted by Crippen LogP contribution is 2.23. The maximum absolute atomic E-state index is 12.0. The first-order chi connectivity index (χ1) is 10.6. The number of amidine groups is 1. The molecule has 0 spiro atoms. The van der Waals surface area contributed by atoms with E-state index in [9.17, 15) is 9.90 Å². The molecule has 4 nitrogen and oxygen atoms in total. The van der Waals surface area contributed by atoms with E-state index in [1.165, 1.54) is 45.4 Å². The third kappa shape index (κ3) is 4.85. The van der Waals surface area contributed by atoms with E-state index >= 15 is 0 Å². The number of allylic oxidation sites excluding steroid dienone is 1. The van der Waals surface area contributed by atoms with Gasteiger partial charge in [0.25, 0.3) is 0 Å². The van der Waals surface area contributed by atoms with Crippen LogP contribution in [0.3, 0.4) is 0 Å². The summed E-state index contributed by atoms with van der Waals surface area (Å²) in [4.78, 5) is 16.8. The molecule has 0 aromatic rings. The molecule has 0 aromatic heterocycles. The van der Waals surface area contributed by atoms with Gasteiger partial charge in [0, 0.05) is 6.04 Å². The van der Waals surface area contributed by atoms with E-state index in [4.69, 9.17) is 4.99 Å². The zero-order valence-corrected chi connectivity index (χ0v) is 14.0. The van der Waals surface area contributed by atoms with Crippen molar-refractivity contribution < 1.29 is 9.90 Å². The number of nitrogens with one attached hydrogen (secondary N) is 1. The largest absolute Gasteiger partial charge is 0.512 e. The summed E-state index contributed by atoms with van der Waals surface area (Å²) in [6.45, 7) is 3.09. The Labute approximate surface area is 134 Å². The standard InChI is InChI=1S/C18H30N2O2/c1-13(21)17(14(2)22)18(19-15-9-5-3-6-10-15)20-16-11-7-4-8-12-16/h15-16,21H,3-12H2,1-2H3,(H,19,20)/b17-13+. The molecule has 0 saturated heterocycles. The fourth-order valence-corrected chi connectivity index (χ4v) is 3.60. The molecule has 0 unspecified atom stereocenters. The number of Topliss-reactive ketones (excluding diaryl/α,β-unsaturated/α-hetero) is 1. The van der Waals surface area contributed by atoms with Crippen LogP contribution in [0.4, 0.5) is 0 Å². The van der Waals surface area contributed by atoms with Crippen molar-refractivity contribution in [2.75, 3.05) is 0 Å². The number of rotatable bonds is 4. The Kier molecular flexibility index (Phi) is 6.47. The summed E-state index contributed by atoms with van der Waals surface area (Å²) in [5.41, 5.74) is 0.371. The Balaban J connectivity index is 2.20. The molecule has 4 heteroatoms. The van der Waals surface area contributed by atoms with E-state index in [0.717, 1.165) is 25.7 Å². The molecular formula is C18H30N2O2. The quantitative estimate of drug-likeness (QED) is 0.356. The molecule has 22 heavy (non-hydrogen) atoms. The number of carbonyl (C=O) groups excluding carboxylic acids is 1. The highest BCUT2D eigenvalue weighted by Gasteiger charge is 2.23. The van der Waals surface area contributed by atoms with E-state index in [2.05, 4.69) is 5.32 Å². The van der Waals surface area contributed by atoms with Gasteiger partial charge in [-0.3, -0.25) is 9.79 Å². The van der Waals surface area contributed by atoms with E-state index in [1.807, 2.05) is 0 Å². The van der Waals surface area contributed by atoms with Crippen LogP contribution in [0.15, 0.2) is 16.3 Å². The van der Waals surface area contributed by atoms with Crippen LogP contribution in [0, 0.1) is 0 Å². The summed E-state index contributed by atoms with van der Waals surface area (Å²) >= 11 is 0. The Hall–Kier alpha value is -1.32. The molecule has 2 N–H and O–H groups in total. The number of hydrogen-bond acceptors (Lipinski definition) is 3. The summed E-state index contributed by atoms with van der Waals surface area (Å²) < 4.78 is 0. The van der Waals surface area contributed by atoms with Crippen LogP contribution in [0.2, 0.25) is 0 Å². The van der Waals surface area contributed by atoms with Crippen molar-refractivity contribution in [1.82, 2.24) is 5.32 Å². The lowest BCUT2D eigenvalue weighted by atomic mass is 9.94.